The highest BCUT2D eigenvalue weighted by Crippen LogP contribution is 2.30. The Kier molecular flexibility index (Phi) is 3.01. The number of hydrogen-bond acceptors (Lipinski definition) is 2. The van der Waals surface area contributed by atoms with Gasteiger partial charge in [-0.05, 0) is 41.1 Å². The zero-order valence-electron chi connectivity index (χ0n) is 9.25. The molecular formula is C12H13BrN2O. The van der Waals surface area contributed by atoms with Gasteiger partial charge in [0, 0.05) is 35.2 Å². The van der Waals surface area contributed by atoms with Crippen LogP contribution in [-0.2, 0) is 6.54 Å². The second kappa shape index (κ2) is 4.29. The number of aryl methyl sites for hydroxylation is 1. The van der Waals surface area contributed by atoms with E-state index in [1.807, 2.05) is 32.2 Å². The van der Waals surface area contributed by atoms with E-state index in [1.165, 1.54) is 0 Å². The van der Waals surface area contributed by atoms with Crippen LogP contribution >= 0.6 is 15.9 Å². The van der Waals surface area contributed by atoms with Gasteiger partial charge < -0.3 is 9.88 Å². The minimum absolute atomic E-state index is 0.0408. The fourth-order valence-corrected chi connectivity index (χ4v) is 2.52. The first-order valence-corrected chi connectivity index (χ1v) is 5.98. The van der Waals surface area contributed by atoms with Gasteiger partial charge in [0.2, 0.25) is 0 Å². The molecule has 84 valence electrons. The lowest BCUT2D eigenvalue weighted by atomic mass is 10.2. The summed E-state index contributed by atoms with van der Waals surface area (Å²) in [6.07, 6.45) is 0. The van der Waals surface area contributed by atoms with Crippen LogP contribution in [0.2, 0.25) is 0 Å². The van der Waals surface area contributed by atoms with Crippen LogP contribution in [0.1, 0.15) is 6.92 Å². The van der Waals surface area contributed by atoms with Crippen molar-refractivity contribution in [1.82, 2.24) is 4.57 Å². The Morgan fingerprint density at radius 3 is 2.69 bits per heavy atom. The molecule has 0 saturated carbocycles. The van der Waals surface area contributed by atoms with E-state index in [2.05, 4.69) is 21.2 Å². The van der Waals surface area contributed by atoms with Crippen LogP contribution < -0.4 is 10.9 Å². The second-order valence-corrected chi connectivity index (χ2v) is 4.32. The number of fused-ring (bicyclic) bond motifs is 1. The van der Waals surface area contributed by atoms with E-state index in [1.54, 1.807) is 10.6 Å². The lowest BCUT2D eigenvalue weighted by Crippen LogP contribution is -2.18. The molecule has 1 heterocycles. The van der Waals surface area contributed by atoms with E-state index >= 15 is 0 Å². The van der Waals surface area contributed by atoms with Crippen LogP contribution in [0, 0.1) is 0 Å². The van der Waals surface area contributed by atoms with E-state index in [0.29, 0.717) is 6.54 Å². The molecule has 16 heavy (non-hydrogen) atoms. The van der Waals surface area contributed by atoms with Gasteiger partial charge in [0.25, 0.3) is 5.56 Å². The average Bonchev–Trinajstić information content (AvgIpc) is 2.29. The van der Waals surface area contributed by atoms with Crippen LogP contribution in [0.4, 0.5) is 5.69 Å². The van der Waals surface area contributed by atoms with Gasteiger partial charge in [0.15, 0.2) is 0 Å². The van der Waals surface area contributed by atoms with Crippen LogP contribution in [0.5, 0.6) is 0 Å². The molecular weight excluding hydrogens is 268 g/mol. The Morgan fingerprint density at radius 2 is 2.06 bits per heavy atom. The first kappa shape index (κ1) is 11.2. The van der Waals surface area contributed by atoms with E-state index in [-0.39, 0.29) is 5.56 Å². The zero-order chi connectivity index (χ0) is 11.7. The zero-order valence-corrected chi connectivity index (χ0v) is 10.8. The maximum absolute atomic E-state index is 11.7. The molecule has 0 aliphatic heterocycles. The monoisotopic (exact) mass is 280 g/mol. The predicted octanol–water partition coefficient (Wildman–Crippen LogP) is 2.83. The Bertz CT molecular complexity index is 589. The van der Waals surface area contributed by atoms with Crippen LogP contribution in [-0.4, -0.2) is 11.6 Å². The first-order chi connectivity index (χ1) is 7.69. The highest BCUT2D eigenvalue weighted by Gasteiger charge is 2.07. The SMILES string of the molecule is CCn1c(=O)ccc2c(Br)c(NC)ccc21. The topological polar surface area (TPSA) is 34.0 Å². The Hall–Kier alpha value is -1.29. The van der Waals surface area contributed by atoms with Gasteiger partial charge in [-0.2, -0.15) is 0 Å². The molecule has 0 amide bonds. The van der Waals surface area contributed by atoms with Crippen molar-refractivity contribution in [3.8, 4) is 0 Å². The number of pyridine rings is 1. The summed E-state index contributed by atoms with van der Waals surface area (Å²) < 4.78 is 2.76. The fourth-order valence-electron chi connectivity index (χ4n) is 1.86. The molecule has 0 aliphatic carbocycles. The molecule has 0 radical (unpaired) electrons. The van der Waals surface area contributed by atoms with Crippen molar-refractivity contribution in [2.45, 2.75) is 13.5 Å². The number of anilines is 1. The number of nitrogens with one attached hydrogen (secondary N) is 1. The predicted molar refractivity (Wildman–Crippen MR) is 71.1 cm³/mol. The van der Waals surface area contributed by atoms with Crippen molar-refractivity contribution in [3.63, 3.8) is 0 Å². The summed E-state index contributed by atoms with van der Waals surface area (Å²) in [7, 11) is 1.88. The molecule has 0 spiro atoms. The Labute approximate surface area is 102 Å². The lowest BCUT2D eigenvalue weighted by Gasteiger charge is -2.11. The number of aromatic nitrogens is 1. The Balaban J connectivity index is 2.88. The molecule has 0 atom stereocenters. The highest BCUT2D eigenvalue weighted by atomic mass is 79.9. The summed E-state index contributed by atoms with van der Waals surface area (Å²) in [5.74, 6) is 0. The molecule has 0 saturated heterocycles. The van der Waals surface area contributed by atoms with E-state index in [9.17, 15) is 4.79 Å². The van der Waals surface area contributed by atoms with Crippen LogP contribution in [0.15, 0.2) is 33.5 Å². The fraction of sp³-hybridized carbons (Fsp3) is 0.250. The van der Waals surface area contributed by atoms with E-state index in [4.69, 9.17) is 0 Å². The van der Waals surface area contributed by atoms with Crippen molar-refractivity contribution in [2.75, 3.05) is 12.4 Å². The minimum Gasteiger partial charge on any atom is -0.387 e. The summed E-state index contributed by atoms with van der Waals surface area (Å²) in [4.78, 5) is 11.7. The van der Waals surface area contributed by atoms with E-state index in [0.717, 1.165) is 21.1 Å². The minimum atomic E-state index is 0.0408. The maximum atomic E-state index is 11.7. The number of hydrogen-bond donors (Lipinski definition) is 1. The van der Waals surface area contributed by atoms with Gasteiger partial charge in [-0.25, -0.2) is 0 Å². The van der Waals surface area contributed by atoms with Crippen molar-refractivity contribution < 1.29 is 0 Å². The van der Waals surface area contributed by atoms with Gasteiger partial charge in [0.1, 0.15) is 0 Å². The van der Waals surface area contributed by atoms with Crippen LogP contribution in [0.25, 0.3) is 10.9 Å². The normalized spacial score (nSPS) is 10.7. The lowest BCUT2D eigenvalue weighted by molar-refractivity contribution is 0.760. The smallest absolute Gasteiger partial charge is 0.251 e. The van der Waals surface area contributed by atoms with Crippen molar-refractivity contribution >= 4 is 32.5 Å². The maximum Gasteiger partial charge on any atom is 0.251 e. The number of halogens is 1. The third-order valence-corrected chi connectivity index (χ3v) is 3.55. The third-order valence-electron chi connectivity index (χ3n) is 2.69. The van der Waals surface area contributed by atoms with Crippen molar-refractivity contribution in [1.29, 1.82) is 0 Å². The number of nitrogens with zero attached hydrogens (tertiary/aromatic N) is 1. The van der Waals surface area contributed by atoms with Gasteiger partial charge in [-0.3, -0.25) is 4.79 Å². The number of rotatable bonds is 2. The van der Waals surface area contributed by atoms with Crippen LogP contribution in [0.3, 0.4) is 0 Å². The molecule has 0 unspecified atom stereocenters. The standard InChI is InChI=1S/C12H13BrN2O/c1-3-15-10-6-5-9(14-2)12(13)8(10)4-7-11(15)16/h4-7,14H,3H2,1-2H3. The molecule has 3 nitrogen and oxygen atoms in total. The second-order valence-electron chi connectivity index (χ2n) is 3.53. The largest absolute Gasteiger partial charge is 0.387 e. The molecule has 0 fully saturated rings. The summed E-state index contributed by atoms with van der Waals surface area (Å²) in [5.41, 5.74) is 2.02. The molecule has 2 aromatic rings. The van der Waals surface area contributed by atoms with Crippen molar-refractivity contribution in [3.05, 3.63) is 39.1 Å². The van der Waals surface area contributed by atoms with Gasteiger partial charge in [-0.15, -0.1) is 0 Å². The van der Waals surface area contributed by atoms with Crippen molar-refractivity contribution in [2.24, 2.45) is 0 Å². The molecule has 1 aromatic heterocycles. The molecule has 2 rings (SSSR count). The summed E-state index contributed by atoms with van der Waals surface area (Å²) in [6, 6.07) is 7.40. The molecule has 0 bridgehead atoms. The summed E-state index contributed by atoms with van der Waals surface area (Å²) in [6.45, 7) is 2.66. The Morgan fingerprint density at radius 1 is 1.31 bits per heavy atom. The van der Waals surface area contributed by atoms with Gasteiger partial charge in [-0.1, -0.05) is 0 Å². The molecule has 1 aromatic carbocycles. The highest BCUT2D eigenvalue weighted by molar-refractivity contribution is 9.10. The summed E-state index contributed by atoms with van der Waals surface area (Å²) >= 11 is 3.55. The van der Waals surface area contributed by atoms with E-state index < -0.39 is 0 Å². The van der Waals surface area contributed by atoms with Gasteiger partial charge >= 0.3 is 0 Å². The molecule has 4 heteroatoms. The third kappa shape index (κ3) is 1.63. The quantitative estimate of drug-likeness (QED) is 0.918. The average molecular weight is 281 g/mol. The number of benzene rings is 1. The molecule has 0 aliphatic rings. The molecule has 1 N–H and O–H groups in total. The van der Waals surface area contributed by atoms with Gasteiger partial charge in [0.05, 0.1) is 5.52 Å². The summed E-state index contributed by atoms with van der Waals surface area (Å²) in [5, 5.41) is 4.15. The first-order valence-electron chi connectivity index (χ1n) is 5.19.